The Labute approximate surface area is 137 Å². The van der Waals surface area contributed by atoms with Crippen molar-refractivity contribution in [3.8, 4) is 22.3 Å². The van der Waals surface area contributed by atoms with Gasteiger partial charge in [0.1, 0.15) is 5.82 Å². The van der Waals surface area contributed by atoms with E-state index in [4.69, 9.17) is 23.1 Å². The first-order chi connectivity index (χ1) is 11.1. The number of halogens is 1. The summed E-state index contributed by atoms with van der Waals surface area (Å²) in [5.74, 6) is -0.343. The Balaban J connectivity index is 2.27. The summed E-state index contributed by atoms with van der Waals surface area (Å²) >= 11 is 5.94. The standard InChI is InChI=1S/C17H13ClN4O/c18-11-3-1-10(2-4-11)12-5-7-21-9-14(12)15-13(17(20)23)6-8-22-16(15)19/h1-9H,(H2,19,22)(H2,20,23). The summed E-state index contributed by atoms with van der Waals surface area (Å²) in [6, 6.07) is 10.8. The molecule has 4 N–H and O–H groups in total. The highest BCUT2D eigenvalue weighted by atomic mass is 35.5. The van der Waals surface area contributed by atoms with E-state index in [9.17, 15) is 4.79 Å². The van der Waals surface area contributed by atoms with Crippen molar-refractivity contribution >= 4 is 23.3 Å². The lowest BCUT2D eigenvalue weighted by molar-refractivity contribution is 0.100. The molecule has 3 aromatic rings. The number of aromatic nitrogens is 2. The minimum Gasteiger partial charge on any atom is -0.383 e. The van der Waals surface area contributed by atoms with Crippen LogP contribution in [0.1, 0.15) is 10.4 Å². The van der Waals surface area contributed by atoms with Crippen molar-refractivity contribution in [2.75, 3.05) is 5.73 Å². The predicted molar refractivity (Wildman–Crippen MR) is 90.8 cm³/mol. The van der Waals surface area contributed by atoms with Gasteiger partial charge in [-0.2, -0.15) is 0 Å². The number of pyridine rings is 2. The fourth-order valence-electron chi connectivity index (χ4n) is 2.44. The maximum absolute atomic E-state index is 11.7. The molecular weight excluding hydrogens is 312 g/mol. The second-order valence-corrected chi connectivity index (χ2v) is 5.35. The molecule has 1 aromatic carbocycles. The number of amides is 1. The number of carbonyl (C=O) groups is 1. The molecule has 0 saturated carbocycles. The van der Waals surface area contributed by atoms with Crippen molar-refractivity contribution in [1.82, 2.24) is 9.97 Å². The molecular formula is C17H13ClN4O. The fraction of sp³-hybridized carbons (Fsp3) is 0. The van der Waals surface area contributed by atoms with Crippen LogP contribution in [0.15, 0.2) is 55.0 Å². The Hall–Kier alpha value is -2.92. The van der Waals surface area contributed by atoms with E-state index in [-0.39, 0.29) is 5.82 Å². The van der Waals surface area contributed by atoms with Crippen LogP contribution < -0.4 is 11.5 Å². The molecule has 114 valence electrons. The molecule has 0 fully saturated rings. The SMILES string of the molecule is NC(=O)c1ccnc(N)c1-c1cnccc1-c1ccc(Cl)cc1. The monoisotopic (exact) mass is 324 g/mol. The largest absolute Gasteiger partial charge is 0.383 e. The average molecular weight is 325 g/mol. The zero-order valence-electron chi connectivity index (χ0n) is 12.0. The molecule has 0 bridgehead atoms. The van der Waals surface area contributed by atoms with E-state index >= 15 is 0 Å². The van der Waals surface area contributed by atoms with Crippen LogP contribution in [0.25, 0.3) is 22.3 Å². The van der Waals surface area contributed by atoms with Crippen molar-refractivity contribution < 1.29 is 4.79 Å². The first-order valence-corrected chi connectivity index (χ1v) is 7.20. The summed E-state index contributed by atoms with van der Waals surface area (Å²) in [7, 11) is 0. The zero-order chi connectivity index (χ0) is 16.4. The third-order valence-corrected chi connectivity index (χ3v) is 3.74. The van der Waals surface area contributed by atoms with E-state index in [2.05, 4.69) is 9.97 Å². The molecule has 5 nitrogen and oxygen atoms in total. The van der Waals surface area contributed by atoms with Crippen LogP contribution >= 0.6 is 11.6 Å². The number of primary amides is 1. The van der Waals surface area contributed by atoms with Gasteiger partial charge in [-0.3, -0.25) is 9.78 Å². The Bertz CT molecular complexity index is 878. The van der Waals surface area contributed by atoms with Gasteiger partial charge in [-0.25, -0.2) is 4.98 Å². The van der Waals surface area contributed by atoms with Crippen LogP contribution in [0.2, 0.25) is 5.02 Å². The highest BCUT2D eigenvalue weighted by Crippen LogP contribution is 2.36. The lowest BCUT2D eigenvalue weighted by Crippen LogP contribution is -2.14. The van der Waals surface area contributed by atoms with Crippen molar-refractivity contribution in [3.63, 3.8) is 0 Å². The number of nitrogen functional groups attached to an aromatic ring is 1. The third kappa shape index (κ3) is 2.86. The first-order valence-electron chi connectivity index (χ1n) is 6.82. The topological polar surface area (TPSA) is 94.9 Å². The van der Waals surface area contributed by atoms with Crippen LogP contribution in [0.4, 0.5) is 5.82 Å². The lowest BCUT2D eigenvalue weighted by atomic mass is 9.94. The number of benzene rings is 1. The second-order valence-electron chi connectivity index (χ2n) is 4.91. The molecule has 0 atom stereocenters. The summed E-state index contributed by atoms with van der Waals surface area (Å²) in [5, 5.41) is 0.642. The number of anilines is 1. The molecule has 1 amide bonds. The van der Waals surface area contributed by atoms with Gasteiger partial charge >= 0.3 is 0 Å². The van der Waals surface area contributed by atoms with Gasteiger partial charge < -0.3 is 11.5 Å². The van der Waals surface area contributed by atoms with Crippen LogP contribution in [-0.4, -0.2) is 15.9 Å². The number of carbonyl (C=O) groups excluding carboxylic acids is 1. The molecule has 3 rings (SSSR count). The molecule has 0 radical (unpaired) electrons. The number of hydrogen-bond donors (Lipinski definition) is 2. The van der Waals surface area contributed by atoms with Crippen LogP contribution in [0.5, 0.6) is 0 Å². The average Bonchev–Trinajstić information content (AvgIpc) is 2.55. The molecule has 2 heterocycles. The molecule has 0 spiro atoms. The molecule has 0 unspecified atom stereocenters. The third-order valence-electron chi connectivity index (χ3n) is 3.49. The summed E-state index contributed by atoms with van der Waals surface area (Å²) in [6.07, 6.45) is 4.77. The van der Waals surface area contributed by atoms with Crippen molar-refractivity contribution in [3.05, 3.63) is 65.6 Å². The Morgan fingerprint density at radius 3 is 2.43 bits per heavy atom. The van der Waals surface area contributed by atoms with E-state index in [0.29, 0.717) is 21.7 Å². The Morgan fingerprint density at radius 2 is 1.74 bits per heavy atom. The summed E-state index contributed by atoms with van der Waals surface area (Å²) < 4.78 is 0. The van der Waals surface area contributed by atoms with Crippen LogP contribution in [-0.2, 0) is 0 Å². The smallest absolute Gasteiger partial charge is 0.249 e. The number of rotatable bonds is 3. The van der Waals surface area contributed by atoms with Gasteiger partial charge in [-0.15, -0.1) is 0 Å². The minimum atomic E-state index is -0.569. The van der Waals surface area contributed by atoms with Crippen molar-refractivity contribution in [1.29, 1.82) is 0 Å². The molecule has 0 saturated heterocycles. The fourth-order valence-corrected chi connectivity index (χ4v) is 2.57. The van der Waals surface area contributed by atoms with Crippen molar-refractivity contribution in [2.24, 2.45) is 5.73 Å². The molecule has 0 aliphatic rings. The number of nitrogens with two attached hydrogens (primary N) is 2. The van der Waals surface area contributed by atoms with Crippen molar-refractivity contribution in [2.45, 2.75) is 0 Å². The molecule has 0 aliphatic heterocycles. The van der Waals surface area contributed by atoms with Crippen LogP contribution in [0, 0.1) is 0 Å². The van der Waals surface area contributed by atoms with E-state index < -0.39 is 5.91 Å². The Morgan fingerprint density at radius 1 is 1.00 bits per heavy atom. The van der Waals surface area contributed by atoms with Gasteiger partial charge in [-0.05, 0) is 35.4 Å². The normalized spacial score (nSPS) is 10.5. The zero-order valence-corrected chi connectivity index (χ0v) is 12.8. The van der Waals surface area contributed by atoms with Gasteiger partial charge in [0.05, 0.1) is 5.56 Å². The maximum atomic E-state index is 11.7. The van der Waals surface area contributed by atoms with E-state index in [1.165, 1.54) is 6.20 Å². The second kappa shape index (κ2) is 6.06. The summed E-state index contributed by atoms with van der Waals surface area (Å²) in [6.45, 7) is 0. The van der Waals surface area contributed by atoms with Gasteiger partial charge in [0.2, 0.25) is 5.91 Å². The lowest BCUT2D eigenvalue weighted by Gasteiger charge is -2.13. The van der Waals surface area contributed by atoms with Gasteiger partial charge in [0, 0.05) is 34.7 Å². The van der Waals surface area contributed by atoms with Crippen LogP contribution in [0.3, 0.4) is 0 Å². The highest BCUT2D eigenvalue weighted by molar-refractivity contribution is 6.30. The predicted octanol–water partition coefficient (Wildman–Crippen LogP) is 3.15. The highest BCUT2D eigenvalue weighted by Gasteiger charge is 2.18. The summed E-state index contributed by atoms with van der Waals surface area (Å²) in [5.41, 5.74) is 14.7. The molecule has 2 aromatic heterocycles. The quantitative estimate of drug-likeness (QED) is 0.773. The number of hydrogen-bond acceptors (Lipinski definition) is 4. The molecule has 6 heteroatoms. The van der Waals surface area contributed by atoms with E-state index in [0.717, 1.165) is 11.1 Å². The van der Waals surface area contributed by atoms with E-state index in [1.54, 1.807) is 30.6 Å². The van der Waals surface area contributed by atoms with Gasteiger partial charge in [0.15, 0.2) is 0 Å². The minimum absolute atomic E-state index is 0.226. The van der Waals surface area contributed by atoms with E-state index in [1.807, 2.05) is 18.2 Å². The van der Waals surface area contributed by atoms with Gasteiger partial charge in [0.25, 0.3) is 0 Å². The molecule has 0 aliphatic carbocycles. The summed E-state index contributed by atoms with van der Waals surface area (Å²) in [4.78, 5) is 20.0. The molecule has 23 heavy (non-hydrogen) atoms. The number of nitrogens with zero attached hydrogens (tertiary/aromatic N) is 2. The van der Waals surface area contributed by atoms with Gasteiger partial charge in [-0.1, -0.05) is 23.7 Å². The Kier molecular flexibility index (Phi) is 3.95. The maximum Gasteiger partial charge on any atom is 0.249 e. The first kappa shape index (κ1) is 15.0.